The van der Waals surface area contributed by atoms with E-state index < -0.39 is 0 Å². The Balaban J connectivity index is 2.07. The van der Waals surface area contributed by atoms with Crippen molar-refractivity contribution in [1.82, 2.24) is 4.98 Å². The van der Waals surface area contributed by atoms with Gasteiger partial charge in [-0.05, 0) is 42.2 Å². The number of hydrogen-bond acceptors (Lipinski definition) is 3. The molecule has 0 amide bonds. The van der Waals surface area contributed by atoms with Crippen molar-refractivity contribution in [2.24, 2.45) is 10.8 Å². The third kappa shape index (κ3) is 3.70. The van der Waals surface area contributed by atoms with Gasteiger partial charge in [-0.3, -0.25) is 0 Å². The molecule has 3 heteroatoms. The maximum atomic E-state index is 8.75. The van der Waals surface area contributed by atoms with E-state index >= 15 is 0 Å². The summed E-state index contributed by atoms with van der Waals surface area (Å²) in [4.78, 5) is 4.11. The molecule has 1 aromatic rings. The second-order valence-corrected chi connectivity index (χ2v) is 7.30. The van der Waals surface area contributed by atoms with Crippen molar-refractivity contribution in [2.45, 2.75) is 53.0 Å². The fourth-order valence-electron chi connectivity index (χ4n) is 3.73. The number of anilines is 1. The van der Waals surface area contributed by atoms with E-state index in [1.54, 1.807) is 12.3 Å². The van der Waals surface area contributed by atoms with Gasteiger partial charge in [0, 0.05) is 6.04 Å². The van der Waals surface area contributed by atoms with Crippen molar-refractivity contribution in [3.63, 3.8) is 0 Å². The van der Waals surface area contributed by atoms with E-state index in [9.17, 15) is 0 Å². The SMILES string of the molecule is CC1(C)CC(Nc2ccc(C#N)nc2)CC(C)(C)C1. The summed E-state index contributed by atoms with van der Waals surface area (Å²) >= 11 is 0. The van der Waals surface area contributed by atoms with Crippen LogP contribution in [0.15, 0.2) is 18.3 Å². The predicted octanol–water partition coefficient (Wildman–Crippen LogP) is 3.97. The number of nitrogens with one attached hydrogen (secondary N) is 1. The first-order chi connectivity index (χ1) is 8.80. The van der Waals surface area contributed by atoms with E-state index in [2.05, 4.69) is 38.0 Å². The Labute approximate surface area is 116 Å². The van der Waals surface area contributed by atoms with E-state index in [1.165, 1.54) is 19.3 Å². The molecule has 2 rings (SSSR count). The number of rotatable bonds is 2. The first-order valence-electron chi connectivity index (χ1n) is 6.92. The average Bonchev–Trinajstić information content (AvgIpc) is 2.25. The molecule has 0 unspecified atom stereocenters. The summed E-state index contributed by atoms with van der Waals surface area (Å²) < 4.78 is 0. The molecule has 0 spiro atoms. The van der Waals surface area contributed by atoms with Crippen molar-refractivity contribution in [3.05, 3.63) is 24.0 Å². The molecular formula is C16H23N3. The van der Waals surface area contributed by atoms with Gasteiger partial charge in [-0.2, -0.15) is 5.26 Å². The lowest BCUT2D eigenvalue weighted by molar-refractivity contribution is 0.105. The normalized spacial score (nSPS) is 21.6. The molecule has 19 heavy (non-hydrogen) atoms. The predicted molar refractivity (Wildman–Crippen MR) is 77.8 cm³/mol. The van der Waals surface area contributed by atoms with Gasteiger partial charge < -0.3 is 5.32 Å². The highest BCUT2D eigenvalue weighted by Crippen LogP contribution is 2.46. The van der Waals surface area contributed by atoms with Crippen molar-refractivity contribution < 1.29 is 0 Å². The van der Waals surface area contributed by atoms with E-state index in [0.29, 0.717) is 22.6 Å². The second kappa shape index (κ2) is 4.85. The van der Waals surface area contributed by atoms with Gasteiger partial charge in [-0.15, -0.1) is 0 Å². The van der Waals surface area contributed by atoms with Gasteiger partial charge >= 0.3 is 0 Å². The first kappa shape index (κ1) is 13.9. The molecule has 1 aliphatic carbocycles. The monoisotopic (exact) mass is 257 g/mol. The van der Waals surface area contributed by atoms with Crippen LogP contribution in [0.4, 0.5) is 5.69 Å². The topological polar surface area (TPSA) is 48.7 Å². The van der Waals surface area contributed by atoms with Gasteiger partial charge in [0.15, 0.2) is 0 Å². The average molecular weight is 257 g/mol. The third-order valence-corrected chi connectivity index (χ3v) is 3.80. The molecule has 0 atom stereocenters. The fourth-order valence-corrected chi connectivity index (χ4v) is 3.73. The Hall–Kier alpha value is -1.56. The lowest BCUT2D eigenvalue weighted by Gasteiger charge is -2.45. The maximum absolute atomic E-state index is 8.75. The molecule has 3 nitrogen and oxygen atoms in total. The number of aromatic nitrogens is 1. The smallest absolute Gasteiger partial charge is 0.140 e. The van der Waals surface area contributed by atoms with Gasteiger partial charge in [0.2, 0.25) is 0 Å². The van der Waals surface area contributed by atoms with E-state index in [4.69, 9.17) is 5.26 Å². The van der Waals surface area contributed by atoms with Crippen molar-refractivity contribution in [2.75, 3.05) is 5.32 Å². The summed E-state index contributed by atoms with van der Waals surface area (Å²) in [6.07, 6.45) is 5.38. The van der Waals surface area contributed by atoms with Gasteiger partial charge in [0.1, 0.15) is 11.8 Å². The zero-order valence-corrected chi connectivity index (χ0v) is 12.3. The standard InChI is InChI=1S/C16H23N3/c1-15(2)7-14(8-16(3,4)11-15)19-13-6-5-12(9-17)18-10-13/h5-6,10,14,19H,7-8,11H2,1-4H3. The molecule has 0 radical (unpaired) electrons. The van der Waals surface area contributed by atoms with Crippen molar-refractivity contribution in [3.8, 4) is 6.07 Å². The van der Waals surface area contributed by atoms with Crippen LogP contribution in [0.25, 0.3) is 0 Å². The summed E-state index contributed by atoms with van der Waals surface area (Å²) in [5.74, 6) is 0. The minimum Gasteiger partial charge on any atom is -0.381 e. The summed E-state index contributed by atoms with van der Waals surface area (Å²) in [5.41, 5.74) is 2.23. The zero-order valence-electron chi connectivity index (χ0n) is 12.3. The van der Waals surface area contributed by atoms with E-state index in [0.717, 1.165) is 5.69 Å². The van der Waals surface area contributed by atoms with Crippen LogP contribution in [0.3, 0.4) is 0 Å². The Kier molecular flexibility index (Phi) is 3.54. The minimum atomic E-state index is 0.374. The molecule has 1 fully saturated rings. The number of nitrogens with zero attached hydrogens (tertiary/aromatic N) is 2. The van der Waals surface area contributed by atoms with Crippen LogP contribution in [0.5, 0.6) is 0 Å². The minimum absolute atomic E-state index is 0.374. The lowest BCUT2D eigenvalue weighted by atomic mass is 9.63. The molecule has 0 bridgehead atoms. The molecule has 1 saturated carbocycles. The quantitative estimate of drug-likeness (QED) is 0.872. The van der Waals surface area contributed by atoms with E-state index in [1.807, 2.05) is 12.1 Å². The summed E-state index contributed by atoms with van der Waals surface area (Å²) in [6.45, 7) is 9.39. The fraction of sp³-hybridized carbons (Fsp3) is 0.625. The maximum Gasteiger partial charge on any atom is 0.140 e. The van der Waals surface area contributed by atoms with Crippen LogP contribution in [0.1, 0.15) is 52.7 Å². The highest BCUT2D eigenvalue weighted by molar-refractivity contribution is 5.43. The second-order valence-electron chi connectivity index (χ2n) is 7.30. The molecule has 0 saturated heterocycles. The van der Waals surface area contributed by atoms with Crippen LogP contribution in [-0.2, 0) is 0 Å². The molecule has 1 heterocycles. The summed E-state index contributed by atoms with van der Waals surface area (Å²) in [7, 11) is 0. The molecule has 1 N–H and O–H groups in total. The molecule has 102 valence electrons. The van der Waals surface area contributed by atoms with E-state index in [-0.39, 0.29) is 0 Å². The highest BCUT2D eigenvalue weighted by atomic mass is 14.9. The van der Waals surface area contributed by atoms with Crippen LogP contribution in [0, 0.1) is 22.2 Å². The largest absolute Gasteiger partial charge is 0.381 e. The first-order valence-corrected chi connectivity index (χ1v) is 6.92. The number of pyridine rings is 1. The van der Waals surface area contributed by atoms with Gasteiger partial charge in [-0.1, -0.05) is 27.7 Å². The zero-order chi connectivity index (χ0) is 14.1. The van der Waals surface area contributed by atoms with Crippen molar-refractivity contribution in [1.29, 1.82) is 5.26 Å². The molecule has 0 aliphatic heterocycles. The lowest BCUT2D eigenvalue weighted by Crippen LogP contribution is -2.40. The number of nitriles is 1. The highest BCUT2D eigenvalue weighted by Gasteiger charge is 2.38. The van der Waals surface area contributed by atoms with Crippen molar-refractivity contribution >= 4 is 5.69 Å². The van der Waals surface area contributed by atoms with Crippen LogP contribution in [0.2, 0.25) is 0 Å². The van der Waals surface area contributed by atoms with Crippen LogP contribution >= 0.6 is 0 Å². The molecule has 0 aromatic carbocycles. The van der Waals surface area contributed by atoms with Gasteiger partial charge in [0.25, 0.3) is 0 Å². The Morgan fingerprint density at radius 3 is 2.32 bits per heavy atom. The Morgan fingerprint density at radius 1 is 1.21 bits per heavy atom. The summed E-state index contributed by atoms with van der Waals surface area (Å²) in [5, 5.41) is 12.3. The Morgan fingerprint density at radius 2 is 1.84 bits per heavy atom. The molecule has 1 aliphatic rings. The van der Waals surface area contributed by atoms with Crippen LogP contribution < -0.4 is 5.32 Å². The summed E-state index contributed by atoms with van der Waals surface area (Å²) in [6, 6.07) is 6.24. The molecular weight excluding hydrogens is 234 g/mol. The Bertz CT molecular complexity index is 464. The third-order valence-electron chi connectivity index (χ3n) is 3.80. The van der Waals surface area contributed by atoms with Gasteiger partial charge in [0.05, 0.1) is 11.9 Å². The van der Waals surface area contributed by atoms with Gasteiger partial charge in [-0.25, -0.2) is 4.98 Å². The number of hydrogen-bond donors (Lipinski definition) is 1. The van der Waals surface area contributed by atoms with Crippen LogP contribution in [-0.4, -0.2) is 11.0 Å². The molecule has 1 aromatic heterocycles.